The molecule has 4 heteroatoms. The van der Waals surface area contributed by atoms with Gasteiger partial charge in [-0.05, 0) is 31.5 Å². The fourth-order valence-electron chi connectivity index (χ4n) is 2.29. The molecular weight excluding hydrogens is 214 g/mol. The third kappa shape index (κ3) is 3.49. The van der Waals surface area contributed by atoms with Gasteiger partial charge < -0.3 is 10.5 Å². The standard InChI is InChI=1S/C13H21N3O/c1-16(10-12-5-3-7-17-12)9-11-4-2-6-15-13(11)8-14/h2,4,6,12H,3,5,7-10,14H2,1H3. The molecule has 2 heterocycles. The van der Waals surface area contributed by atoms with Crippen LogP contribution < -0.4 is 5.73 Å². The predicted octanol–water partition coefficient (Wildman–Crippen LogP) is 1.15. The van der Waals surface area contributed by atoms with Crippen LogP contribution in [0.2, 0.25) is 0 Å². The molecule has 2 N–H and O–H groups in total. The number of hydrogen-bond donors (Lipinski definition) is 1. The van der Waals surface area contributed by atoms with Crippen molar-refractivity contribution in [2.24, 2.45) is 5.73 Å². The molecule has 1 atom stereocenters. The molecule has 2 rings (SSSR count). The Labute approximate surface area is 103 Å². The lowest BCUT2D eigenvalue weighted by Crippen LogP contribution is -2.29. The maximum Gasteiger partial charge on any atom is 0.0702 e. The van der Waals surface area contributed by atoms with Crippen molar-refractivity contribution >= 4 is 0 Å². The van der Waals surface area contributed by atoms with Gasteiger partial charge in [-0.15, -0.1) is 0 Å². The molecule has 1 unspecified atom stereocenters. The summed E-state index contributed by atoms with van der Waals surface area (Å²) in [6.45, 7) is 3.29. The van der Waals surface area contributed by atoms with Crippen LogP contribution in [0, 0.1) is 0 Å². The summed E-state index contributed by atoms with van der Waals surface area (Å²) in [5.41, 5.74) is 7.89. The maximum absolute atomic E-state index is 5.68. The van der Waals surface area contributed by atoms with Gasteiger partial charge in [0, 0.05) is 32.4 Å². The largest absolute Gasteiger partial charge is 0.377 e. The zero-order valence-corrected chi connectivity index (χ0v) is 10.4. The Morgan fingerprint density at radius 3 is 3.18 bits per heavy atom. The van der Waals surface area contributed by atoms with Gasteiger partial charge in [-0.2, -0.15) is 0 Å². The van der Waals surface area contributed by atoms with Crippen LogP contribution in [0.1, 0.15) is 24.1 Å². The summed E-state index contributed by atoms with van der Waals surface area (Å²) < 4.78 is 5.64. The highest BCUT2D eigenvalue weighted by molar-refractivity contribution is 5.19. The third-order valence-electron chi connectivity index (χ3n) is 3.16. The number of ether oxygens (including phenoxy) is 1. The lowest BCUT2D eigenvalue weighted by Gasteiger charge is -2.21. The van der Waals surface area contributed by atoms with Crippen molar-refractivity contribution in [3.8, 4) is 0 Å². The SMILES string of the molecule is CN(Cc1cccnc1CN)CC1CCCO1. The molecule has 0 saturated carbocycles. The molecule has 0 aromatic carbocycles. The summed E-state index contributed by atoms with van der Waals surface area (Å²) in [5, 5.41) is 0. The van der Waals surface area contributed by atoms with Crippen LogP contribution in [-0.4, -0.2) is 36.2 Å². The molecule has 0 aliphatic carbocycles. The van der Waals surface area contributed by atoms with E-state index in [-0.39, 0.29) is 0 Å². The van der Waals surface area contributed by atoms with E-state index in [1.165, 1.54) is 18.4 Å². The second kappa shape index (κ2) is 6.10. The second-order valence-electron chi connectivity index (χ2n) is 4.65. The van der Waals surface area contributed by atoms with Gasteiger partial charge in [0.25, 0.3) is 0 Å². The van der Waals surface area contributed by atoms with Crippen molar-refractivity contribution in [1.82, 2.24) is 9.88 Å². The molecule has 0 amide bonds. The number of hydrogen-bond acceptors (Lipinski definition) is 4. The van der Waals surface area contributed by atoms with E-state index in [0.717, 1.165) is 25.4 Å². The molecule has 1 fully saturated rings. The number of pyridine rings is 1. The molecule has 0 radical (unpaired) electrons. The van der Waals surface area contributed by atoms with Crippen LogP contribution in [-0.2, 0) is 17.8 Å². The summed E-state index contributed by atoms with van der Waals surface area (Å²) in [6, 6.07) is 4.07. The van der Waals surface area contributed by atoms with E-state index in [4.69, 9.17) is 10.5 Å². The number of likely N-dealkylation sites (N-methyl/N-ethyl adjacent to an activating group) is 1. The zero-order valence-electron chi connectivity index (χ0n) is 10.4. The first-order chi connectivity index (χ1) is 8.29. The minimum absolute atomic E-state index is 0.401. The van der Waals surface area contributed by atoms with Crippen molar-refractivity contribution < 1.29 is 4.74 Å². The molecule has 94 valence electrons. The summed E-state index contributed by atoms with van der Waals surface area (Å²) in [6.07, 6.45) is 4.57. The molecule has 4 nitrogen and oxygen atoms in total. The molecule has 1 aromatic heterocycles. The minimum Gasteiger partial charge on any atom is -0.377 e. The average Bonchev–Trinajstić information content (AvgIpc) is 2.82. The highest BCUT2D eigenvalue weighted by Crippen LogP contribution is 2.14. The monoisotopic (exact) mass is 235 g/mol. The smallest absolute Gasteiger partial charge is 0.0702 e. The fraction of sp³-hybridized carbons (Fsp3) is 0.615. The Morgan fingerprint density at radius 2 is 2.47 bits per heavy atom. The van der Waals surface area contributed by atoms with Crippen LogP contribution in [0.25, 0.3) is 0 Å². The first kappa shape index (κ1) is 12.5. The third-order valence-corrected chi connectivity index (χ3v) is 3.16. The van der Waals surface area contributed by atoms with Crippen molar-refractivity contribution in [2.75, 3.05) is 20.2 Å². The predicted molar refractivity (Wildman–Crippen MR) is 67.4 cm³/mol. The number of aromatic nitrogens is 1. The molecule has 0 spiro atoms. The zero-order chi connectivity index (χ0) is 12.1. The molecule has 1 saturated heterocycles. The summed E-state index contributed by atoms with van der Waals surface area (Å²) in [5.74, 6) is 0. The van der Waals surface area contributed by atoms with Gasteiger partial charge in [0.2, 0.25) is 0 Å². The van der Waals surface area contributed by atoms with Crippen LogP contribution in [0.3, 0.4) is 0 Å². The number of rotatable bonds is 5. The van der Waals surface area contributed by atoms with E-state index in [0.29, 0.717) is 12.6 Å². The molecule has 17 heavy (non-hydrogen) atoms. The Kier molecular flexibility index (Phi) is 4.48. The highest BCUT2D eigenvalue weighted by Gasteiger charge is 2.17. The minimum atomic E-state index is 0.401. The normalized spacial score (nSPS) is 20.1. The van der Waals surface area contributed by atoms with E-state index in [9.17, 15) is 0 Å². The van der Waals surface area contributed by atoms with Crippen LogP contribution >= 0.6 is 0 Å². The maximum atomic E-state index is 5.68. The van der Waals surface area contributed by atoms with E-state index in [2.05, 4.69) is 23.0 Å². The van der Waals surface area contributed by atoms with E-state index < -0.39 is 0 Å². The number of nitrogens with zero attached hydrogens (tertiary/aromatic N) is 2. The topological polar surface area (TPSA) is 51.4 Å². The van der Waals surface area contributed by atoms with Gasteiger partial charge >= 0.3 is 0 Å². The average molecular weight is 235 g/mol. The summed E-state index contributed by atoms with van der Waals surface area (Å²) in [4.78, 5) is 6.58. The van der Waals surface area contributed by atoms with Crippen molar-refractivity contribution in [3.05, 3.63) is 29.6 Å². The van der Waals surface area contributed by atoms with Gasteiger partial charge in [-0.3, -0.25) is 9.88 Å². The molecular formula is C13H21N3O. The Morgan fingerprint density at radius 1 is 1.59 bits per heavy atom. The van der Waals surface area contributed by atoms with Gasteiger partial charge in [0.05, 0.1) is 11.8 Å². The van der Waals surface area contributed by atoms with Gasteiger partial charge in [0.15, 0.2) is 0 Å². The van der Waals surface area contributed by atoms with Gasteiger partial charge in [-0.25, -0.2) is 0 Å². The summed E-state index contributed by atoms with van der Waals surface area (Å²) >= 11 is 0. The lowest BCUT2D eigenvalue weighted by atomic mass is 10.1. The van der Waals surface area contributed by atoms with Gasteiger partial charge in [-0.1, -0.05) is 6.07 Å². The van der Waals surface area contributed by atoms with Crippen molar-refractivity contribution in [2.45, 2.75) is 32.0 Å². The Bertz CT molecular complexity index is 350. The van der Waals surface area contributed by atoms with Crippen LogP contribution in [0.5, 0.6) is 0 Å². The quantitative estimate of drug-likeness (QED) is 0.832. The molecule has 0 bridgehead atoms. The van der Waals surface area contributed by atoms with E-state index in [1.54, 1.807) is 6.20 Å². The van der Waals surface area contributed by atoms with Crippen molar-refractivity contribution in [3.63, 3.8) is 0 Å². The number of nitrogens with two attached hydrogens (primary N) is 1. The Hall–Kier alpha value is -0.970. The van der Waals surface area contributed by atoms with E-state index >= 15 is 0 Å². The van der Waals surface area contributed by atoms with Crippen LogP contribution in [0.15, 0.2) is 18.3 Å². The van der Waals surface area contributed by atoms with Crippen molar-refractivity contribution in [1.29, 1.82) is 0 Å². The van der Waals surface area contributed by atoms with Crippen LogP contribution in [0.4, 0.5) is 0 Å². The fourth-order valence-corrected chi connectivity index (χ4v) is 2.29. The molecule has 1 aromatic rings. The first-order valence-electron chi connectivity index (χ1n) is 6.22. The summed E-state index contributed by atoms with van der Waals surface area (Å²) in [7, 11) is 2.12. The molecule has 1 aliphatic rings. The van der Waals surface area contributed by atoms with Gasteiger partial charge in [0.1, 0.15) is 0 Å². The first-order valence-corrected chi connectivity index (χ1v) is 6.22. The lowest BCUT2D eigenvalue weighted by molar-refractivity contribution is 0.0792. The molecule has 1 aliphatic heterocycles. The second-order valence-corrected chi connectivity index (χ2v) is 4.65. The van der Waals surface area contributed by atoms with E-state index in [1.807, 2.05) is 6.07 Å². The highest BCUT2D eigenvalue weighted by atomic mass is 16.5. The Balaban J connectivity index is 1.90.